The third-order valence-electron chi connectivity index (χ3n) is 3.31. The number of carbonyl (C=O) groups excluding carboxylic acids is 1. The molecule has 3 rings (SSSR count). The Labute approximate surface area is 127 Å². The van der Waals surface area contributed by atoms with Gasteiger partial charge in [0.15, 0.2) is 5.75 Å². The summed E-state index contributed by atoms with van der Waals surface area (Å²) in [4.78, 5) is 13.6. The highest BCUT2D eigenvalue weighted by Crippen LogP contribution is 2.35. The maximum atomic E-state index is 13.4. The molecule has 5 heteroatoms. The lowest BCUT2D eigenvalue weighted by molar-refractivity contribution is -0.138. The smallest absolute Gasteiger partial charge is 0.375 e. The predicted molar refractivity (Wildman–Crippen MR) is 79.8 cm³/mol. The van der Waals surface area contributed by atoms with Crippen molar-refractivity contribution in [3.8, 4) is 5.75 Å². The maximum absolute atomic E-state index is 13.4. The molecule has 2 aromatic rings. The van der Waals surface area contributed by atoms with Gasteiger partial charge in [0.25, 0.3) is 0 Å². The Morgan fingerprint density at radius 2 is 2.00 bits per heavy atom. The minimum atomic E-state index is -0.604. The number of nitrogens with zero attached hydrogens (tertiary/aromatic N) is 1. The van der Waals surface area contributed by atoms with E-state index in [-0.39, 0.29) is 5.76 Å². The molecule has 0 N–H and O–H groups in total. The number of anilines is 1. The number of methoxy groups -OCH3 is 1. The highest BCUT2D eigenvalue weighted by atomic mass is 19.1. The molecular weight excluding hydrogens is 285 g/mol. The van der Waals surface area contributed by atoms with Crippen LogP contribution in [-0.4, -0.2) is 13.1 Å². The van der Waals surface area contributed by atoms with Gasteiger partial charge in [0.05, 0.1) is 19.0 Å². The van der Waals surface area contributed by atoms with Crippen molar-refractivity contribution in [3.63, 3.8) is 0 Å². The van der Waals surface area contributed by atoms with Gasteiger partial charge in [-0.2, -0.15) is 0 Å². The summed E-state index contributed by atoms with van der Waals surface area (Å²) in [5.41, 5.74) is 1.75. The van der Waals surface area contributed by atoms with Crippen LogP contribution in [0.2, 0.25) is 0 Å². The van der Waals surface area contributed by atoms with Crippen LogP contribution in [0, 0.1) is 5.82 Å². The molecule has 0 aromatic heterocycles. The zero-order valence-corrected chi connectivity index (χ0v) is 12.0. The van der Waals surface area contributed by atoms with Gasteiger partial charge in [-0.1, -0.05) is 30.3 Å². The standard InChI is InChI=1S/C17H14FNO3/c1-21-17(20)16-11-19(10-12-5-3-2-4-6-12)14-8-7-13(18)9-15(14)22-16/h2-9,11H,10H2,1H3. The lowest BCUT2D eigenvalue weighted by Crippen LogP contribution is -2.25. The van der Waals surface area contributed by atoms with E-state index >= 15 is 0 Å². The number of esters is 1. The van der Waals surface area contributed by atoms with E-state index in [0.29, 0.717) is 18.0 Å². The molecule has 0 bridgehead atoms. The lowest BCUT2D eigenvalue weighted by Gasteiger charge is -2.28. The molecule has 1 aliphatic heterocycles. The van der Waals surface area contributed by atoms with Crippen LogP contribution in [-0.2, 0) is 16.1 Å². The van der Waals surface area contributed by atoms with Gasteiger partial charge in [-0.15, -0.1) is 0 Å². The maximum Gasteiger partial charge on any atom is 0.375 e. The summed E-state index contributed by atoms with van der Waals surface area (Å²) in [6, 6.07) is 14.0. The molecular formula is C17H14FNO3. The summed E-state index contributed by atoms with van der Waals surface area (Å²) in [5.74, 6) is -0.715. The van der Waals surface area contributed by atoms with Crippen LogP contribution in [0.3, 0.4) is 0 Å². The molecule has 0 saturated heterocycles. The molecule has 2 aromatic carbocycles. The molecule has 0 aliphatic carbocycles. The van der Waals surface area contributed by atoms with E-state index in [9.17, 15) is 9.18 Å². The first kappa shape index (κ1) is 14.1. The number of halogens is 1. The fourth-order valence-electron chi connectivity index (χ4n) is 2.27. The molecule has 0 fully saturated rings. The quantitative estimate of drug-likeness (QED) is 0.816. The SMILES string of the molecule is COC(=O)C1=CN(Cc2ccccc2)c2ccc(F)cc2O1. The normalized spacial score (nSPS) is 13.0. The molecule has 112 valence electrons. The van der Waals surface area contributed by atoms with Crippen molar-refractivity contribution in [3.05, 3.63) is 71.9 Å². The van der Waals surface area contributed by atoms with Crippen LogP contribution in [0.5, 0.6) is 5.75 Å². The Kier molecular flexibility index (Phi) is 3.78. The topological polar surface area (TPSA) is 38.8 Å². The molecule has 22 heavy (non-hydrogen) atoms. The Bertz CT molecular complexity index is 728. The van der Waals surface area contributed by atoms with Crippen molar-refractivity contribution in [1.82, 2.24) is 0 Å². The summed E-state index contributed by atoms with van der Waals surface area (Å²) < 4.78 is 23.5. The summed E-state index contributed by atoms with van der Waals surface area (Å²) >= 11 is 0. The molecule has 1 heterocycles. The van der Waals surface area contributed by atoms with E-state index in [4.69, 9.17) is 4.74 Å². The van der Waals surface area contributed by atoms with Crippen molar-refractivity contribution in [2.24, 2.45) is 0 Å². The zero-order valence-electron chi connectivity index (χ0n) is 12.0. The molecule has 0 unspecified atom stereocenters. The number of hydrogen-bond donors (Lipinski definition) is 0. The monoisotopic (exact) mass is 299 g/mol. The zero-order chi connectivity index (χ0) is 15.5. The summed E-state index contributed by atoms with van der Waals surface area (Å²) in [5, 5.41) is 0. The molecule has 0 radical (unpaired) electrons. The Morgan fingerprint density at radius 3 is 2.73 bits per heavy atom. The molecule has 0 atom stereocenters. The van der Waals surface area contributed by atoms with Gasteiger partial charge in [0, 0.05) is 12.6 Å². The number of fused-ring (bicyclic) bond motifs is 1. The molecule has 1 aliphatic rings. The highest BCUT2D eigenvalue weighted by Gasteiger charge is 2.24. The van der Waals surface area contributed by atoms with Crippen molar-refractivity contribution in [2.75, 3.05) is 12.0 Å². The predicted octanol–water partition coefficient (Wildman–Crippen LogP) is 3.24. The summed E-state index contributed by atoms with van der Waals surface area (Å²) in [7, 11) is 1.27. The van der Waals surface area contributed by atoms with Crippen molar-refractivity contribution in [1.29, 1.82) is 0 Å². The number of carbonyl (C=O) groups is 1. The van der Waals surface area contributed by atoms with E-state index in [1.165, 1.54) is 19.2 Å². The lowest BCUT2D eigenvalue weighted by atomic mass is 10.1. The van der Waals surface area contributed by atoms with Gasteiger partial charge in [0.1, 0.15) is 5.82 Å². The van der Waals surface area contributed by atoms with Crippen LogP contribution in [0.1, 0.15) is 5.56 Å². The van der Waals surface area contributed by atoms with Gasteiger partial charge in [0.2, 0.25) is 5.76 Å². The molecule has 0 spiro atoms. The number of ether oxygens (including phenoxy) is 2. The van der Waals surface area contributed by atoms with E-state index in [2.05, 4.69) is 4.74 Å². The summed E-state index contributed by atoms with van der Waals surface area (Å²) in [6.45, 7) is 0.531. The van der Waals surface area contributed by atoms with Crippen LogP contribution >= 0.6 is 0 Å². The second-order valence-corrected chi connectivity index (χ2v) is 4.81. The van der Waals surface area contributed by atoms with Gasteiger partial charge in [-0.05, 0) is 17.7 Å². The van der Waals surface area contributed by atoms with E-state index in [0.717, 1.165) is 5.56 Å². The van der Waals surface area contributed by atoms with Gasteiger partial charge < -0.3 is 14.4 Å². The van der Waals surface area contributed by atoms with Crippen molar-refractivity contribution in [2.45, 2.75) is 6.54 Å². The molecule has 0 amide bonds. The minimum Gasteiger partial charge on any atom is -0.463 e. The fraction of sp³-hybridized carbons (Fsp3) is 0.118. The average Bonchev–Trinajstić information content (AvgIpc) is 2.54. The third-order valence-corrected chi connectivity index (χ3v) is 3.31. The van der Waals surface area contributed by atoms with Gasteiger partial charge in [-0.3, -0.25) is 0 Å². The van der Waals surface area contributed by atoms with Gasteiger partial charge >= 0.3 is 5.97 Å². The van der Waals surface area contributed by atoms with Gasteiger partial charge in [-0.25, -0.2) is 9.18 Å². The number of rotatable bonds is 3. The van der Waals surface area contributed by atoms with Crippen molar-refractivity contribution < 1.29 is 18.7 Å². The van der Waals surface area contributed by atoms with E-state index in [1.54, 1.807) is 12.3 Å². The Balaban J connectivity index is 1.98. The second-order valence-electron chi connectivity index (χ2n) is 4.81. The number of benzene rings is 2. The summed E-state index contributed by atoms with van der Waals surface area (Å²) in [6.07, 6.45) is 1.57. The Morgan fingerprint density at radius 1 is 1.23 bits per heavy atom. The van der Waals surface area contributed by atoms with Crippen LogP contribution in [0.25, 0.3) is 0 Å². The second kappa shape index (κ2) is 5.89. The first-order valence-electron chi connectivity index (χ1n) is 6.75. The van der Waals surface area contributed by atoms with Crippen LogP contribution in [0.15, 0.2) is 60.5 Å². The third kappa shape index (κ3) is 2.79. The largest absolute Gasteiger partial charge is 0.463 e. The minimum absolute atomic E-state index is 0.0246. The average molecular weight is 299 g/mol. The van der Waals surface area contributed by atoms with Crippen molar-refractivity contribution >= 4 is 11.7 Å². The van der Waals surface area contributed by atoms with E-state index < -0.39 is 11.8 Å². The van der Waals surface area contributed by atoms with E-state index in [1.807, 2.05) is 35.2 Å². The van der Waals surface area contributed by atoms with Crippen LogP contribution < -0.4 is 9.64 Å². The fourth-order valence-corrected chi connectivity index (χ4v) is 2.27. The number of hydrogen-bond acceptors (Lipinski definition) is 4. The van der Waals surface area contributed by atoms with Crippen LogP contribution in [0.4, 0.5) is 10.1 Å². The first-order valence-corrected chi connectivity index (χ1v) is 6.75. The molecule has 4 nitrogen and oxygen atoms in total. The molecule has 0 saturated carbocycles. The first-order chi connectivity index (χ1) is 10.7. The Hall–Kier alpha value is -2.82. The highest BCUT2D eigenvalue weighted by molar-refractivity contribution is 5.88.